The summed E-state index contributed by atoms with van der Waals surface area (Å²) < 4.78 is 27.2. The van der Waals surface area contributed by atoms with E-state index in [4.69, 9.17) is 15.2 Å². The minimum atomic E-state index is -3.79. The predicted molar refractivity (Wildman–Crippen MR) is 73.4 cm³/mol. The van der Waals surface area contributed by atoms with Crippen LogP contribution in [0.2, 0.25) is 0 Å². The Morgan fingerprint density at radius 2 is 2.00 bits per heavy atom. The van der Waals surface area contributed by atoms with Gasteiger partial charge in [0.2, 0.25) is 0 Å². The van der Waals surface area contributed by atoms with E-state index < -0.39 is 15.0 Å². The summed E-state index contributed by atoms with van der Waals surface area (Å²) in [6.07, 6.45) is 0. The van der Waals surface area contributed by atoms with Gasteiger partial charge in [0.15, 0.2) is 5.69 Å². The van der Waals surface area contributed by atoms with Crippen LogP contribution in [0.25, 0.3) is 0 Å². The van der Waals surface area contributed by atoms with Crippen LogP contribution >= 0.6 is 10.7 Å². The molecule has 0 radical (unpaired) electrons. The molecular weight excluding hydrogens is 304 g/mol. The van der Waals surface area contributed by atoms with Crippen molar-refractivity contribution in [3.63, 3.8) is 0 Å². The monoisotopic (exact) mass is 314 g/mol. The van der Waals surface area contributed by atoms with Gasteiger partial charge in [0.1, 0.15) is 5.76 Å². The predicted octanol–water partition coefficient (Wildman–Crippen LogP) is 2.47. The molecule has 6 nitrogen and oxygen atoms in total. The quantitative estimate of drug-likeness (QED) is 0.879. The lowest BCUT2D eigenvalue weighted by atomic mass is 10.2. The number of nitrogens with zero attached hydrogens (tertiary/aromatic N) is 1. The van der Waals surface area contributed by atoms with E-state index in [2.05, 4.69) is 10.5 Å². The third-order valence-electron chi connectivity index (χ3n) is 2.59. The maximum Gasteiger partial charge on any atom is 0.277 e. The normalized spacial score (nSPS) is 11.3. The van der Waals surface area contributed by atoms with Crippen molar-refractivity contribution >= 4 is 31.3 Å². The van der Waals surface area contributed by atoms with E-state index in [0.717, 1.165) is 0 Å². The first kappa shape index (κ1) is 14.5. The Bertz CT molecular complexity index is 768. The number of carbonyl (C=O) groups excluding carboxylic acids is 1. The van der Waals surface area contributed by atoms with Crippen molar-refractivity contribution in [1.82, 2.24) is 5.16 Å². The van der Waals surface area contributed by atoms with E-state index >= 15 is 0 Å². The van der Waals surface area contributed by atoms with Gasteiger partial charge in [0, 0.05) is 22.4 Å². The van der Waals surface area contributed by atoms with Gasteiger partial charge < -0.3 is 9.84 Å². The minimum absolute atomic E-state index is 0.0213. The fraction of sp³-hybridized carbons (Fsp3) is 0.167. The molecule has 0 saturated heterocycles. The molecular formula is C12H11ClN2O4S. The molecule has 2 rings (SSSR count). The lowest BCUT2D eigenvalue weighted by Gasteiger charge is -2.07. The molecule has 1 heterocycles. The van der Waals surface area contributed by atoms with Crippen LogP contribution in [0, 0.1) is 13.8 Å². The summed E-state index contributed by atoms with van der Waals surface area (Å²) in [5.74, 6) is 0.0851. The summed E-state index contributed by atoms with van der Waals surface area (Å²) in [5, 5.41) is 6.21. The van der Waals surface area contributed by atoms with Gasteiger partial charge in [-0.15, -0.1) is 0 Å². The lowest BCUT2D eigenvalue weighted by Crippen LogP contribution is -2.13. The zero-order valence-electron chi connectivity index (χ0n) is 10.7. The molecule has 0 fully saturated rings. The Morgan fingerprint density at radius 1 is 1.30 bits per heavy atom. The second-order valence-electron chi connectivity index (χ2n) is 4.19. The van der Waals surface area contributed by atoms with E-state index in [-0.39, 0.29) is 10.6 Å². The number of rotatable bonds is 3. The maximum atomic E-state index is 11.9. The SMILES string of the molecule is Cc1cc(C(=O)Nc2ccc(S(=O)(=O)Cl)cc2C)no1. The van der Waals surface area contributed by atoms with Gasteiger partial charge in [0.05, 0.1) is 4.90 Å². The van der Waals surface area contributed by atoms with Gasteiger partial charge in [-0.2, -0.15) is 0 Å². The van der Waals surface area contributed by atoms with E-state index in [1.54, 1.807) is 13.8 Å². The van der Waals surface area contributed by atoms with E-state index in [1.807, 2.05) is 0 Å². The summed E-state index contributed by atoms with van der Waals surface area (Å²) in [6, 6.07) is 5.67. The highest BCUT2D eigenvalue weighted by Gasteiger charge is 2.15. The molecule has 1 aromatic heterocycles. The second kappa shape index (κ2) is 5.26. The van der Waals surface area contributed by atoms with Crippen LogP contribution in [0.4, 0.5) is 5.69 Å². The number of nitrogens with one attached hydrogen (secondary N) is 1. The molecule has 0 saturated carbocycles. The number of halogens is 1. The van der Waals surface area contributed by atoms with Crippen molar-refractivity contribution in [3.05, 3.63) is 41.3 Å². The van der Waals surface area contributed by atoms with Crippen LogP contribution in [0.15, 0.2) is 33.7 Å². The first-order chi connectivity index (χ1) is 9.27. The fourth-order valence-corrected chi connectivity index (χ4v) is 2.42. The molecule has 8 heteroatoms. The molecule has 0 unspecified atom stereocenters. The summed E-state index contributed by atoms with van der Waals surface area (Å²) in [6.45, 7) is 3.34. The standard InChI is InChI=1S/C12H11ClN2O4S/c1-7-5-9(20(13,17)18)3-4-10(7)14-12(16)11-6-8(2)19-15-11/h3-6H,1-2H3,(H,14,16). The van der Waals surface area contributed by atoms with Gasteiger partial charge in [-0.05, 0) is 37.6 Å². The van der Waals surface area contributed by atoms with Crippen molar-refractivity contribution in [2.24, 2.45) is 0 Å². The van der Waals surface area contributed by atoms with Crippen LogP contribution in [0.1, 0.15) is 21.8 Å². The van der Waals surface area contributed by atoms with Crippen molar-refractivity contribution in [1.29, 1.82) is 0 Å². The number of aromatic nitrogens is 1. The maximum absolute atomic E-state index is 11.9. The Kier molecular flexibility index (Phi) is 3.82. The zero-order valence-corrected chi connectivity index (χ0v) is 12.2. The van der Waals surface area contributed by atoms with Crippen LogP contribution in [0.5, 0.6) is 0 Å². The van der Waals surface area contributed by atoms with Crippen molar-refractivity contribution in [3.8, 4) is 0 Å². The molecule has 1 aromatic carbocycles. The fourth-order valence-electron chi connectivity index (χ4n) is 1.59. The van der Waals surface area contributed by atoms with Gasteiger partial charge in [-0.25, -0.2) is 8.42 Å². The Hall–Kier alpha value is -1.86. The van der Waals surface area contributed by atoms with Gasteiger partial charge in [-0.3, -0.25) is 4.79 Å². The molecule has 0 bridgehead atoms. The first-order valence-corrected chi connectivity index (χ1v) is 7.88. The van der Waals surface area contributed by atoms with Crippen molar-refractivity contribution < 1.29 is 17.7 Å². The van der Waals surface area contributed by atoms with Crippen LogP contribution in [0.3, 0.4) is 0 Å². The lowest BCUT2D eigenvalue weighted by molar-refractivity contribution is 0.101. The van der Waals surface area contributed by atoms with E-state index in [1.165, 1.54) is 24.3 Å². The van der Waals surface area contributed by atoms with Crippen molar-refractivity contribution in [2.45, 2.75) is 18.7 Å². The third kappa shape index (κ3) is 3.17. The Balaban J connectivity index is 2.25. The molecule has 2 aromatic rings. The molecule has 1 N–H and O–H groups in total. The molecule has 106 valence electrons. The minimum Gasteiger partial charge on any atom is -0.361 e. The van der Waals surface area contributed by atoms with Crippen molar-refractivity contribution in [2.75, 3.05) is 5.32 Å². The second-order valence-corrected chi connectivity index (χ2v) is 6.76. The third-order valence-corrected chi connectivity index (χ3v) is 3.94. The Morgan fingerprint density at radius 3 is 2.50 bits per heavy atom. The number of amides is 1. The molecule has 0 aliphatic carbocycles. The number of carbonyl (C=O) groups is 1. The molecule has 0 spiro atoms. The first-order valence-electron chi connectivity index (χ1n) is 5.57. The number of hydrogen-bond acceptors (Lipinski definition) is 5. The largest absolute Gasteiger partial charge is 0.361 e. The molecule has 20 heavy (non-hydrogen) atoms. The van der Waals surface area contributed by atoms with Gasteiger partial charge >= 0.3 is 0 Å². The molecule has 1 amide bonds. The summed E-state index contributed by atoms with van der Waals surface area (Å²) >= 11 is 0. The topological polar surface area (TPSA) is 89.3 Å². The van der Waals surface area contributed by atoms with Gasteiger partial charge in [0.25, 0.3) is 15.0 Å². The van der Waals surface area contributed by atoms with Crippen LogP contribution in [-0.2, 0) is 9.05 Å². The highest BCUT2D eigenvalue weighted by atomic mass is 35.7. The highest BCUT2D eigenvalue weighted by Crippen LogP contribution is 2.22. The molecule has 0 atom stereocenters. The number of benzene rings is 1. The smallest absolute Gasteiger partial charge is 0.277 e. The average Bonchev–Trinajstić information content (AvgIpc) is 2.77. The molecule has 0 aliphatic heterocycles. The molecule has 0 aliphatic rings. The summed E-state index contributed by atoms with van der Waals surface area (Å²) in [7, 11) is 1.46. The van der Waals surface area contributed by atoms with Crippen LogP contribution in [-0.4, -0.2) is 19.5 Å². The zero-order chi connectivity index (χ0) is 14.9. The summed E-state index contributed by atoms with van der Waals surface area (Å²) in [4.78, 5) is 11.9. The number of anilines is 1. The average molecular weight is 315 g/mol. The van der Waals surface area contributed by atoms with Crippen LogP contribution < -0.4 is 5.32 Å². The van der Waals surface area contributed by atoms with E-state index in [0.29, 0.717) is 17.0 Å². The Labute approximate surface area is 120 Å². The number of aryl methyl sites for hydroxylation is 2. The van der Waals surface area contributed by atoms with Gasteiger partial charge in [-0.1, -0.05) is 5.16 Å². The highest BCUT2D eigenvalue weighted by molar-refractivity contribution is 8.13. The summed E-state index contributed by atoms with van der Waals surface area (Å²) in [5.41, 5.74) is 1.19. The number of hydrogen-bond donors (Lipinski definition) is 1. The van der Waals surface area contributed by atoms with E-state index in [9.17, 15) is 13.2 Å².